The molecule has 0 saturated carbocycles. The second kappa shape index (κ2) is 11.0. The summed E-state index contributed by atoms with van der Waals surface area (Å²) in [4.78, 5) is 16.1. The van der Waals surface area contributed by atoms with Crippen molar-refractivity contribution in [2.75, 3.05) is 27.2 Å². The Morgan fingerprint density at radius 2 is 1.94 bits per heavy atom. The van der Waals surface area contributed by atoms with E-state index in [0.717, 1.165) is 18.2 Å². The number of halogens is 3. The number of rotatable bonds is 9. The van der Waals surface area contributed by atoms with Crippen molar-refractivity contribution in [2.24, 2.45) is 5.92 Å². The van der Waals surface area contributed by atoms with Crippen LogP contribution in [0.15, 0.2) is 29.2 Å². The summed E-state index contributed by atoms with van der Waals surface area (Å²) >= 11 is 0. The van der Waals surface area contributed by atoms with Crippen molar-refractivity contribution in [1.82, 2.24) is 14.4 Å². The van der Waals surface area contributed by atoms with Crippen molar-refractivity contribution in [1.29, 1.82) is 0 Å². The number of carbonyl (C=O) groups excluding carboxylic acids is 1. The minimum Gasteiger partial charge on any atom is -0.427 e. The Hall–Kier alpha value is -1.63. The number of likely N-dealkylation sites (tertiary alicyclic amines) is 1. The predicted molar refractivity (Wildman–Crippen MR) is 115 cm³/mol. The molecule has 1 radical (unpaired) electrons. The maximum absolute atomic E-state index is 13.1. The molecule has 7 nitrogen and oxygen atoms in total. The van der Waals surface area contributed by atoms with Gasteiger partial charge in [-0.3, -0.25) is 4.79 Å². The number of nitrogens with zero attached hydrogens (tertiary/aromatic N) is 2. The number of piperidine rings is 1. The zero-order valence-electron chi connectivity index (χ0n) is 18.7. The van der Waals surface area contributed by atoms with E-state index in [1.54, 1.807) is 16.8 Å². The largest absolute Gasteiger partial charge is 0.427 e. The van der Waals surface area contributed by atoms with E-state index in [1.807, 2.05) is 13.8 Å². The van der Waals surface area contributed by atoms with Gasteiger partial charge in [0.15, 0.2) is 0 Å². The van der Waals surface area contributed by atoms with Crippen molar-refractivity contribution in [3.8, 4) is 0 Å². The Balaban J connectivity index is 2.02. The van der Waals surface area contributed by atoms with Crippen LogP contribution in [0.25, 0.3) is 0 Å². The molecule has 0 unspecified atom stereocenters. The summed E-state index contributed by atoms with van der Waals surface area (Å²) in [5.41, 5.74) is -1.02. The van der Waals surface area contributed by atoms with E-state index in [4.69, 9.17) is 4.65 Å². The van der Waals surface area contributed by atoms with Gasteiger partial charge in [-0.2, -0.15) is 13.2 Å². The standard InChI is InChI=1S/C20H30BF3N3O4S/c1-14(2)12-18(26(3)21-31-4)19(28)27-10-8-16(9-11-27)25-32(29,30)17-7-5-6-15(13-17)20(22,23)24/h5-7,13-14,16,18,25H,8-12H2,1-4H3/t18-/m0/s1. The minimum absolute atomic E-state index is 0.0614. The number of amides is 1. The molecule has 0 spiro atoms. The summed E-state index contributed by atoms with van der Waals surface area (Å²) in [6.45, 7) is 4.75. The fraction of sp³-hybridized carbons (Fsp3) is 0.650. The lowest BCUT2D eigenvalue weighted by molar-refractivity contribution is -0.138. The van der Waals surface area contributed by atoms with Crippen LogP contribution in [0.4, 0.5) is 13.2 Å². The third-order valence-corrected chi connectivity index (χ3v) is 6.86. The van der Waals surface area contributed by atoms with Crippen LogP contribution in [-0.4, -0.2) is 71.0 Å². The van der Waals surface area contributed by atoms with Crippen molar-refractivity contribution >= 4 is 23.5 Å². The van der Waals surface area contributed by atoms with Gasteiger partial charge in [-0.05, 0) is 50.4 Å². The summed E-state index contributed by atoms with van der Waals surface area (Å²) in [5, 5.41) is 0. The molecule has 0 aliphatic carbocycles. The van der Waals surface area contributed by atoms with Crippen molar-refractivity contribution in [3.05, 3.63) is 29.8 Å². The molecular weight excluding hydrogens is 446 g/mol. The molecule has 2 rings (SSSR count). The van der Waals surface area contributed by atoms with E-state index < -0.39 is 38.7 Å². The van der Waals surface area contributed by atoms with Crippen LogP contribution in [-0.2, 0) is 25.6 Å². The van der Waals surface area contributed by atoms with E-state index in [2.05, 4.69) is 4.72 Å². The van der Waals surface area contributed by atoms with Crippen molar-refractivity contribution in [3.63, 3.8) is 0 Å². The third kappa shape index (κ3) is 7.19. The molecule has 1 N–H and O–H groups in total. The van der Waals surface area contributed by atoms with Crippen LogP contribution >= 0.6 is 0 Å². The van der Waals surface area contributed by atoms with Crippen LogP contribution in [0, 0.1) is 5.92 Å². The predicted octanol–water partition coefficient (Wildman–Crippen LogP) is 2.50. The number of alkyl halides is 3. The van der Waals surface area contributed by atoms with Crippen LogP contribution in [0.2, 0.25) is 0 Å². The third-order valence-electron chi connectivity index (χ3n) is 5.34. The van der Waals surface area contributed by atoms with E-state index in [1.165, 1.54) is 14.7 Å². The number of carbonyl (C=O) groups is 1. The van der Waals surface area contributed by atoms with Gasteiger partial charge < -0.3 is 14.4 Å². The highest BCUT2D eigenvalue weighted by Crippen LogP contribution is 2.30. The second-order valence-electron chi connectivity index (χ2n) is 8.40. The second-order valence-corrected chi connectivity index (χ2v) is 10.1. The fourth-order valence-electron chi connectivity index (χ4n) is 3.68. The molecule has 1 atom stereocenters. The van der Waals surface area contributed by atoms with E-state index >= 15 is 0 Å². The number of hydrogen-bond acceptors (Lipinski definition) is 5. The highest BCUT2D eigenvalue weighted by Gasteiger charge is 2.34. The number of sulfonamides is 1. The Kier molecular flexibility index (Phi) is 9.15. The number of benzene rings is 1. The van der Waals surface area contributed by atoms with Gasteiger partial charge in [0.1, 0.15) is 0 Å². The van der Waals surface area contributed by atoms with Gasteiger partial charge in [-0.15, -0.1) is 0 Å². The fourth-order valence-corrected chi connectivity index (χ4v) is 5.03. The smallest absolute Gasteiger partial charge is 0.416 e. The average molecular weight is 476 g/mol. The SMILES string of the molecule is CO[B]N(C)[C@@H](CC(C)C)C(=O)N1CCC(NS(=O)(=O)c2cccc(C(F)(F)F)c2)CC1. The summed E-state index contributed by atoms with van der Waals surface area (Å²) in [7, 11) is 0.648. The molecule has 1 aliphatic rings. The van der Waals surface area contributed by atoms with E-state index in [0.29, 0.717) is 38.4 Å². The lowest BCUT2D eigenvalue weighted by Crippen LogP contribution is -2.53. The molecule has 0 bridgehead atoms. The quantitative estimate of drug-likeness (QED) is 0.555. The molecule has 32 heavy (non-hydrogen) atoms. The van der Waals surface area contributed by atoms with Crippen LogP contribution in [0.3, 0.4) is 0 Å². The van der Waals surface area contributed by atoms with Gasteiger partial charge in [-0.1, -0.05) is 19.9 Å². The molecule has 1 aliphatic heterocycles. The molecule has 1 heterocycles. The van der Waals surface area contributed by atoms with E-state index in [-0.39, 0.29) is 11.8 Å². The molecule has 1 fully saturated rings. The van der Waals surface area contributed by atoms with Gasteiger partial charge in [-0.25, -0.2) is 13.1 Å². The van der Waals surface area contributed by atoms with E-state index in [9.17, 15) is 26.4 Å². The van der Waals surface area contributed by atoms with Gasteiger partial charge in [0.2, 0.25) is 15.9 Å². The highest BCUT2D eigenvalue weighted by atomic mass is 32.2. The summed E-state index contributed by atoms with van der Waals surface area (Å²) in [6, 6.07) is 2.79. The number of nitrogens with one attached hydrogen (secondary N) is 1. The van der Waals surface area contributed by atoms with Gasteiger partial charge >= 0.3 is 13.8 Å². The minimum atomic E-state index is -4.63. The molecule has 12 heteroatoms. The maximum Gasteiger partial charge on any atom is 0.416 e. The zero-order valence-corrected chi connectivity index (χ0v) is 19.5. The molecule has 1 aromatic rings. The Labute approximate surface area is 188 Å². The van der Waals surface area contributed by atoms with Crippen LogP contribution in [0.1, 0.15) is 38.7 Å². The summed E-state index contributed by atoms with van der Waals surface area (Å²) < 4.78 is 71.5. The van der Waals surface area contributed by atoms with Gasteiger partial charge in [0.25, 0.3) is 0 Å². The molecule has 1 amide bonds. The monoisotopic (exact) mass is 476 g/mol. The Morgan fingerprint density at radius 1 is 1.31 bits per heavy atom. The molecule has 1 saturated heterocycles. The first-order chi connectivity index (χ1) is 14.8. The lowest BCUT2D eigenvalue weighted by atomic mass is 9.96. The summed E-state index contributed by atoms with van der Waals surface area (Å²) in [6.07, 6.45) is -3.25. The summed E-state index contributed by atoms with van der Waals surface area (Å²) in [5.74, 6) is 0.224. The average Bonchev–Trinajstić information content (AvgIpc) is 2.71. The number of likely N-dealkylation sites (N-methyl/N-ethyl adjacent to an activating group) is 1. The molecule has 179 valence electrons. The molecular formula is C20H30BF3N3O4S. The maximum atomic E-state index is 13.1. The number of hydrogen-bond donors (Lipinski definition) is 1. The van der Waals surface area contributed by atoms with Gasteiger partial charge in [0.05, 0.1) is 16.5 Å². The Morgan fingerprint density at radius 3 is 2.47 bits per heavy atom. The topological polar surface area (TPSA) is 79.0 Å². The van der Waals surface area contributed by atoms with Gasteiger partial charge in [0, 0.05) is 26.2 Å². The molecule has 1 aromatic carbocycles. The van der Waals surface area contributed by atoms with Crippen molar-refractivity contribution < 1.29 is 31.0 Å². The molecule has 0 aromatic heterocycles. The zero-order chi connectivity index (χ0) is 24.1. The van der Waals surface area contributed by atoms with Crippen molar-refractivity contribution in [2.45, 2.75) is 56.3 Å². The lowest BCUT2D eigenvalue weighted by Gasteiger charge is -2.37. The first-order valence-electron chi connectivity index (χ1n) is 10.4. The van der Waals surface area contributed by atoms with Crippen LogP contribution < -0.4 is 4.72 Å². The highest BCUT2D eigenvalue weighted by molar-refractivity contribution is 7.89. The normalized spacial score (nSPS) is 17.1. The van der Waals surface area contributed by atoms with Crippen LogP contribution in [0.5, 0.6) is 0 Å². The first kappa shape index (κ1) is 26.6. The first-order valence-corrected chi connectivity index (χ1v) is 11.9. The Bertz CT molecular complexity index is 875.